The summed E-state index contributed by atoms with van der Waals surface area (Å²) in [7, 11) is -1.98. The Hall–Kier alpha value is -0.650. The van der Waals surface area contributed by atoms with Crippen molar-refractivity contribution in [3.05, 3.63) is 30.1 Å². The zero-order valence-electron chi connectivity index (χ0n) is 10.3. The number of benzene rings is 1. The summed E-state index contributed by atoms with van der Waals surface area (Å²) in [4.78, 5) is 0.115. The van der Waals surface area contributed by atoms with Crippen molar-refractivity contribution in [2.45, 2.75) is 24.2 Å². The fourth-order valence-electron chi connectivity index (χ4n) is 1.51. The van der Waals surface area contributed by atoms with E-state index in [1.54, 1.807) is 0 Å². The van der Waals surface area contributed by atoms with Crippen LogP contribution >= 0.6 is 11.6 Å². The van der Waals surface area contributed by atoms with E-state index >= 15 is 0 Å². The molecule has 3 nitrogen and oxygen atoms in total. The van der Waals surface area contributed by atoms with Crippen LogP contribution in [-0.4, -0.2) is 32.2 Å². The van der Waals surface area contributed by atoms with Crippen molar-refractivity contribution in [3.8, 4) is 0 Å². The number of alkyl halides is 1. The van der Waals surface area contributed by atoms with Crippen molar-refractivity contribution < 1.29 is 12.8 Å². The lowest BCUT2D eigenvalue weighted by Gasteiger charge is -2.16. The minimum Gasteiger partial charge on any atom is -0.207 e. The Balaban J connectivity index is 2.65. The van der Waals surface area contributed by atoms with E-state index in [0.29, 0.717) is 12.4 Å². The first-order valence-corrected chi connectivity index (χ1v) is 7.74. The summed E-state index contributed by atoms with van der Waals surface area (Å²) < 4.78 is 38.2. The summed E-state index contributed by atoms with van der Waals surface area (Å²) in [5.74, 6) is 0.146. The van der Waals surface area contributed by atoms with Gasteiger partial charge in [0.25, 0.3) is 0 Å². The molecule has 0 fully saturated rings. The molecule has 0 heterocycles. The molecule has 0 saturated heterocycles. The van der Waals surface area contributed by atoms with E-state index in [1.807, 2.05) is 0 Å². The third-order valence-corrected chi connectivity index (χ3v) is 4.77. The standard InChI is InChI=1S/C12H17ClFNO2S/c1-15(10-4-2-3-9-13)18(16,17)12-7-5-11(14)6-8-12/h5-8H,2-4,9-10H2,1H3. The molecule has 0 bridgehead atoms. The molecule has 0 N–H and O–H groups in total. The molecule has 1 aromatic carbocycles. The molecule has 0 radical (unpaired) electrons. The molecule has 0 amide bonds. The van der Waals surface area contributed by atoms with Gasteiger partial charge in [0.05, 0.1) is 4.90 Å². The quantitative estimate of drug-likeness (QED) is 0.573. The van der Waals surface area contributed by atoms with Gasteiger partial charge >= 0.3 is 0 Å². The summed E-state index contributed by atoms with van der Waals surface area (Å²) in [6, 6.07) is 4.85. The van der Waals surface area contributed by atoms with Crippen LogP contribution in [-0.2, 0) is 10.0 Å². The first-order chi connectivity index (χ1) is 8.48. The maximum atomic E-state index is 12.7. The molecule has 0 unspecified atom stereocenters. The van der Waals surface area contributed by atoms with Gasteiger partial charge in [-0.15, -0.1) is 11.6 Å². The minimum absolute atomic E-state index is 0.115. The van der Waals surface area contributed by atoms with Crippen LogP contribution in [0.1, 0.15) is 19.3 Å². The van der Waals surface area contributed by atoms with Gasteiger partial charge in [-0.05, 0) is 37.1 Å². The first kappa shape index (κ1) is 15.4. The second-order valence-corrected chi connectivity index (χ2v) is 6.45. The van der Waals surface area contributed by atoms with E-state index in [0.717, 1.165) is 31.4 Å². The molecule has 0 atom stereocenters. The molecule has 6 heteroatoms. The number of nitrogens with zero attached hydrogens (tertiary/aromatic N) is 1. The van der Waals surface area contributed by atoms with Gasteiger partial charge in [0.1, 0.15) is 5.82 Å². The van der Waals surface area contributed by atoms with E-state index in [-0.39, 0.29) is 4.90 Å². The topological polar surface area (TPSA) is 37.4 Å². The minimum atomic E-state index is -3.51. The fraction of sp³-hybridized carbons (Fsp3) is 0.500. The van der Waals surface area contributed by atoms with Crippen molar-refractivity contribution in [2.75, 3.05) is 19.5 Å². The Labute approximate surface area is 113 Å². The number of sulfonamides is 1. The highest BCUT2D eigenvalue weighted by Crippen LogP contribution is 2.15. The molecule has 18 heavy (non-hydrogen) atoms. The summed E-state index contributed by atoms with van der Waals surface area (Å²) in [6.07, 6.45) is 2.54. The van der Waals surface area contributed by atoms with Gasteiger partial charge in [-0.3, -0.25) is 0 Å². The lowest BCUT2D eigenvalue weighted by molar-refractivity contribution is 0.454. The lowest BCUT2D eigenvalue weighted by Crippen LogP contribution is -2.28. The maximum Gasteiger partial charge on any atom is 0.242 e. The average molecular weight is 294 g/mol. The summed E-state index contributed by atoms with van der Waals surface area (Å²) in [5.41, 5.74) is 0. The van der Waals surface area contributed by atoms with Crippen LogP contribution in [0.3, 0.4) is 0 Å². The number of hydrogen-bond donors (Lipinski definition) is 0. The van der Waals surface area contributed by atoms with Gasteiger partial charge < -0.3 is 0 Å². The van der Waals surface area contributed by atoms with E-state index in [2.05, 4.69) is 0 Å². The smallest absolute Gasteiger partial charge is 0.207 e. The van der Waals surface area contributed by atoms with Gasteiger partial charge in [-0.1, -0.05) is 6.42 Å². The number of unbranched alkanes of at least 4 members (excludes halogenated alkanes) is 2. The zero-order chi connectivity index (χ0) is 13.6. The molecule has 1 rings (SSSR count). The predicted molar refractivity (Wildman–Crippen MR) is 70.8 cm³/mol. The Morgan fingerprint density at radius 2 is 1.78 bits per heavy atom. The third-order valence-electron chi connectivity index (χ3n) is 2.63. The van der Waals surface area contributed by atoms with Crippen LogP contribution in [0, 0.1) is 5.82 Å². The van der Waals surface area contributed by atoms with Gasteiger partial charge in [-0.25, -0.2) is 17.1 Å². The molecule has 0 aliphatic heterocycles. The Bertz CT molecular complexity index is 461. The van der Waals surface area contributed by atoms with Crippen LogP contribution in [0.15, 0.2) is 29.2 Å². The Morgan fingerprint density at radius 3 is 2.33 bits per heavy atom. The third kappa shape index (κ3) is 4.23. The SMILES string of the molecule is CN(CCCCCCl)S(=O)(=O)c1ccc(F)cc1. The molecule has 1 aromatic rings. The van der Waals surface area contributed by atoms with Crippen LogP contribution in [0.4, 0.5) is 4.39 Å². The summed E-state index contributed by atoms with van der Waals surface area (Å²) in [6.45, 7) is 0.441. The zero-order valence-corrected chi connectivity index (χ0v) is 11.8. The van der Waals surface area contributed by atoms with E-state index in [1.165, 1.54) is 23.5 Å². The molecule has 0 aliphatic carbocycles. The lowest BCUT2D eigenvalue weighted by atomic mass is 10.2. The number of hydrogen-bond acceptors (Lipinski definition) is 2. The van der Waals surface area contributed by atoms with E-state index in [4.69, 9.17) is 11.6 Å². The highest BCUT2D eigenvalue weighted by atomic mass is 35.5. The molecule has 0 spiro atoms. The van der Waals surface area contributed by atoms with Crippen molar-refractivity contribution in [1.82, 2.24) is 4.31 Å². The van der Waals surface area contributed by atoms with Crippen LogP contribution < -0.4 is 0 Å². The highest BCUT2D eigenvalue weighted by Gasteiger charge is 2.19. The van der Waals surface area contributed by atoms with Crippen molar-refractivity contribution in [1.29, 1.82) is 0 Å². The van der Waals surface area contributed by atoms with Gasteiger partial charge in [-0.2, -0.15) is 0 Å². The average Bonchev–Trinajstić information content (AvgIpc) is 2.35. The Morgan fingerprint density at radius 1 is 1.17 bits per heavy atom. The van der Waals surface area contributed by atoms with E-state index in [9.17, 15) is 12.8 Å². The van der Waals surface area contributed by atoms with Gasteiger partial charge in [0.15, 0.2) is 0 Å². The second-order valence-electron chi connectivity index (χ2n) is 4.03. The summed E-state index contributed by atoms with van der Waals surface area (Å²) in [5, 5.41) is 0. The van der Waals surface area contributed by atoms with Crippen LogP contribution in [0.25, 0.3) is 0 Å². The van der Waals surface area contributed by atoms with Crippen molar-refractivity contribution in [3.63, 3.8) is 0 Å². The Kier molecular flexibility index (Phi) is 6.05. The number of halogens is 2. The van der Waals surface area contributed by atoms with Crippen LogP contribution in [0.5, 0.6) is 0 Å². The summed E-state index contributed by atoms with van der Waals surface area (Å²) >= 11 is 5.55. The molecular weight excluding hydrogens is 277 g/mol. The van der Waals surface area contributed by atoms with E-state index < -0.39 is 15.8 Å². The van der Waals surface area contributed by atoms with Crippen molar-refractivity contribution >= 4 is 21.6 Å². The van der Waals surface area contributed by atoms with Gasteiger partial charge in [0, 0.05) is 19.5 Å². The normalized spacial score (nSPS) is 12.0. The largest absolute Gasteiger partial charge is 0.242 e. The molecule has 0 aromatic heterocycles. The van der Waals surface area contributed by atoms with Crippen molar-refractivity contribution in [2.24, 2.45) is 0 Å². The first-order valence-electron chi connectivity index (χ1n) is 5.76. The second kappa shape index (κ2) is 7.07. The number of rotatable bonds is 7. The maximum absolute atomic E-state index is 12.7. The fourth-order valence-corrected chi connectivity index (χ4v) is 2.91. The molecular formula is C12H17ClFNO2S. The molecule has 0 aliphatic rings. The van der Waals surface area contributed by atoms with Gasteiger partial charge in [0.2, 0.25) is 10.0 Å². The molecule has 102 valence electrons. The predicted octanol–water partition coefficient (Wildman–Crippen LogP) is 2.86. The van der Waals surface area contributed by atoms with Crippen LogP contribution in [0.2, 0.25) is 0 Å². The molecule has 0 saturated carbocycles. The monoisotopic (exact) mass is 293 g/mol. The highest BCUT2D eigenvalue weighted by molar-refractivity contribution is 7.89.